The maximum atomic E-state index is 13.4. The number of benzene rings is 1. The van der Waals surface area contributed by atoms with Gasteiger partial charge in [-0.15, -0.1) is 0 Å². The summed E-state index contributed by atoms with van der Waals surface area (Å²) in [6.45, 7) is 3.30. The molecule has 1 fully saturated rings. The van der Waals surface area contributed by atoms with Gasteiger partial charge in [-0.1, -0.05) is 12.1 Å². The minimum Gasteiger partial charge on any atom is -0.479 e. The van der Waals surface area contributed by atoms with Crippen LogP contribution in [0.25, 0.3) is 0 Å². The Morgan fingerprint density at radius 2 is 2.20 bits per heavy atom. The van der Waals surface area contributed by atoms with Crippen LogP contribution in [0.15, 0.2) is 24.3 Å². The van der Waals surface area contributed by atoms with E-state index in [1.54, 1.807) is 19.9 Å². The molecule has 1 N–H and O–H groups in total. The average molecular weight is 281 g/mol. The van der Waals surface area contributed by atoms with Gasteiger partial charge in [0.2, 0.25) is 5.91 Å². The molecule has 1 aliphatic heterocycles. The zero-order valence-electron chi connectivity index (χ0n) is 11.2. The van der Waals surface area contributed by atoms with E-state index in [9.17, 15) is 19.1 Å². The van der Waals surface area contributed by atoms with E-state index in [1.807, 2.05) is 0 Å². The van der Waals surface area contributed by atoms with Crippen LogP contribution in [-0.2, 0) is 14.3 Å². The van der Waals surface area contributed by atoms with Crippen molar-refractivity contribution in [2.75, 3.05) is 6.61 Å². The molecule has 0 aliphatic carbocycles. The molecule has 5 nitrogen and oxygen atoms in total. The van der Waals surface area contributed by atoms with Gasteiger partial charge in [-0.2, -0.15) is 0 Å². The van der Waals surface area contributed by atoms with Crippen molar-refractivity contribution < 1.29 is 23.8 Å². The number of carbonyl (C=O) groups excluding carboxylic acids is 1. The summed E-state index contributed by atoms with van der Waals surface area (Å²) in [6.07, 6.45) is -1.20. The van der Waals surface area contributed by atoms with Gasteiger partial charge in [0, 0.05) is 6.04 Å². The normalized spacial score (nSPS) is 23.2. The number of aliphatic carboxylic acids is 1. The molecule has 2 rings (SSSR count). The first kappa shape index (κ1) is 14.5. The fourth-order valence-corrected chi connectivity index (χ4v) is 2.47. The van der Waals surface area contributed by atoms with E-state index < -0.39 is 23.9 Å². The number of carboxylic acids is 1. The van der Waals surface area contributed by atoms with Crippen molar-refractivity contribution in [2.24, 2.45) is 0 Å². The van der Waals surface area contributed by atoms with Gasteiger partial charge in [0.15, 0.2) is 6.10 Å². The molecule has 0 bridgehead atoms. The number of amides is 1. The molecule has 1 amide bonds. The van der Waals surface area contributed by atoms with Crippen LogP contribution in [0.1, 0.15) is 25.5 Å². The van der Waals surface area contributed by atoms with Crippen molar-refractivity contribution in [3.63, 3.8) is 0 Å². The molecule has 2 unspecified atom stereocenters. The highest BCUT2D eigenvalue weighted by Gasteiger charge is 2.42. The summed E-state index contributed by atoms with van der Waals surface area (Å²) in [6, 6.07) is 4.55. The van der Waals surface area contributed by atoms with Gasteiger partial charge in [0.05, 0.1) is 6.04 Å². The van der Waals surface area contributed by atoms with Crippen molar-refractivity contribution in [1.82, 2.24) is 4.90 Å². The second kappa shape index (κ2) is 5.58. The Morgan fingerprint density at radius 3 is 2.75 bits per heavy atom. The first-order chi connectivity index (χ1) is 9.41. The number of carboxylic acid groups (broad SMARTS) is 1. The first-order valence-electron chi connectivity index (χ1n) is 6.33. The molecule has 0 spiro atoms. The predicted octanol–water partition coefficient (Wildman–Crippen LogP) is 1.59. The minimum atomic E-state index is -1.20. The van der Waals surface area contributed by atoms with Crippen LogP contribution in [0.2, 0.25) is 0 Å². The zero-order chi connectivity index (χ0) is 14.9. The van der Waals surface area contributed by atoms with Gasteiger partial charge in [-0.05, 0) is 31.5 Å². The highest BCUT2D eigenvalue weighted by Crippen LogP contribution is 2.32. The smallest absolute Gasteiger partial charge is 0.335 e. The number of carbonyl (C=O) groups is 2. The van der Waals surface area contributed by atoms with Gasteiger partial charge in [0.25, 0.3) is 0 Å². The highest BCUT2D eigenvalue weighted by molar-refractivity contribution is 5.83. The molecule has 1 aromatic carbocycles. The Balaban J connectivity index is 2.48. The fraction of sp³-hybridized carbons (Fsp3) is 0.429. The van der Waals surface area contributed by atoms with Crippen molar-refractivity contribution in [3.05, 3.63) is 35.6 Å². The Kier molecular flexibility index (Phi) is 4.04. The largest absolute Gasteiger partial charge is 0.479 e. The van der Waals surface area contributed by atoms with E-state index in [0.717, 1.165) is 0 Å². The van der Waals surface area contributed by atoms with E-state index in [1.165, 1.54) is 23.1 Å². The SMILES string of the molecule is CC(C)N1C(=O)COC(C(=O)O)C1c1cccc(F)c1. The number of ether oxygens (including phenoxy) is 1. The van der Waals surface area contributed by atoms with Gasteiger partial charge in [0.1, 0.15) is 12.4 Å². The standard InChI is InChI=1S/C14H16FNO4/c1-8(2)16-11(17)7-20-13(14(18)19)12(16)9-4-3-5-10(15)6-9/h3-6,8,12-13H,7H2,1-2H3,(H,18,19). The highest BCUT2D eigenvalue weighted by atomic mass is 19.1. The molecular formula is C14H16FNO4. The van der Waals surface area contributed by atoms with Gasteiger partial charge >= 0.3 is 5.97 Å². The number of nitrogens with zero attached hydrogens (tertiary/aromatic N) is 1. The molecule has 1 aromatic rings. The van der Waals surface area contributed by atoms with Crippen LogP contribution in [0, 0.1) is 5.82 Å². The van der Waals surface area contributed by atoms with E-state index in [4.69, 9.17) is 4.74 Å². The third-order valence-electron chi connectivity index (χ3n) is 3.25. The van der Waals surface area contributed by atoms with Crippen LogP contribution in [0.5, 0.6) is 0 Å². The number of morpholine rings is 1. The second-order valence-corrected chi connectivity index (χ2v) is 4.96. The molecule has 2 atom stereocenters. The van der Waals surface area contributed by atoms with E-state index >= 15 is 0 Å². The summed E-state index contributed by atoms with van der Waals surface area (Å²) >= 11 is 0. The number of hydrogen-bond donors (Lipinski definition) is 1. The summed E-state index contributed by atoms with van der Waals surface area (Å²) in [7, 11) is 0. The summed E-state index contributed by atoms with van der Waals surface area (Å²) in [5.74, 6) is -1.95. The Hall–Kier alpha value is -1.95. The summed E-state index contributed by atoms with van der Waals surface area (Å²) in [5.41, 5.74) is 0.416. The number of halogens is 1. The fourth-order valence-electron chi connectivity index (χ4n) is 2.47. The lowest BCUT2D eigenvalue weighted by Crippen LogP contribution is -2.54. The number of hydrogen-bond acceptors (Lipinski definition) is 3. The van der Waals surface area contributed by atoms with Crippen molar-refractivity contribution >= 4 is 11.9 Å². The lowest BCUT2D eigenvalue weighted by molar-refractivity contribution is -0.175. The Morgan fingerprint density at radius 1 is 1.50 bits per heavy atom. The van der Waals surface area contributed by atoms with Crippen LogP contribution in [0.4, 0.5) is 4.39 Å². The van der Waals surface area contributed by atoms with Crippen LogP contribution >= 0.6 is 0 Å². The quantitative estimate of drug-likeness (QED) is 0.913. The Labute approximate surface area is 116 Å². The molecule has 1 heterocycles. The molecule has 1 aliphatic rings. The summed E-state index contributed by atoms with van der Waals surface area (Å²) in [5, 5.41) is 9.27. The van der Waals surface area contributed by atoms with E-state index in [2.05, 4.69) is 0 Å². The van der Waals surface area contributed by atoms with Crippen LogP contribution in [-0.4, -0.2) is 40.6 Å². The van der Waals surface area contributed by atoms with Gasteiger partial charge in [-0.25, -0.2) is 9.18 Å². The maximum Gasteiger partial charge on any atom is 0.335 e. The van der Waals surface area contributed by atoms with Crippen molar-refractivity contribution in [3.8, 4) is 0 Å². The second-order valence-electron chi connectivity index (χ2n) is 4.96. The van der Waals surface area contributed by atoms with Gasteiger partial charge in [-0.3, -0.25) is 4.79 Å². The summed E-state index contributed by atoms with van der Waals surface area (Å²) < 4.78 is 18.5. The Bertz CT molecular complexity index is 532. The van der Waals surface area contributed by atoms with Gasteiger partial charge < -0.3 is 14.7 Å². The predicted molar refractivity (Wildman–Crippen MR) is 68.5 cm³/mol. The monoisotopic (exact) mass is 281 g/mol. The third kappa shape index (κ3) is 2.65. The minimum absolute atomic E-state index is 0.207. The van der Waals surface area contributed by atoms with Crippen LogP contribution in [0.3, 0.4) is 0 Å². The third-order valence-corrected chi connectivity index (χ3v) is 3.25. The summed E-state index contributed by atoms with van der Waals surface area (Å²) in [4.78, 5) is 24.8. The van der Waals surface area contributed by atoms with Crippen LogP contribution < -0.4 is 0 Å². The average Bonchev–Trinajstić information content (AvgIpc) is 2.37. The van der Waals surface area contributed by atoms with E-state index in [0.29, 0.717) is 5.56 Å². The lowest BCUT2D eigenvalue weighted by atomic mass is 9.96. The van der Waals surface area contributed by atoms with Crippen molar-refractivity contribution in [2.45, 2.75) is 32.0 Å². The lowest BCUT2D eigenvalue weighted by Gasteiger charge is -2.41. The maximum absolute atomic E-state index is 13.4. The first-order valence-corrected chi connectivity index (χ1v) is 6.33. The number of rotatable bonds is 3. The molecule has 1 saturated heterocycles. The van der Waals surface area contributed by atoms with E-state index in [-0.39, 0.29) is 18.6 Å². The molecule has 0 aromatic heterocycles. The molecule has 0 saturated carbocycles. The molecule has 0 radical (unpaired) electrons. The van der Waals surface area contributed by atoms with Crippen molar-refractivity contribution in [1.29, 1.82) is 0 Å². The topological polar surface area (TPSA) is 66.8 Å². The molecular weight excluding hydrogens is 265 g/mol. The zero-order valence-corrected chi connectivity index (χ0v) is 11.2. The molecule has 6 heteroatoms. The molecule has 108 valence electrons. The molecule has 20 heavy (non-hydrogen) atoms.